The monoisotopic (exact) mass is 275 g/mol. The van der Waals surface area contributed by atoms with E-state index in [-0.39, 0.29) is 5.78 Å². The van der Waals surface area contributed by atoms with Crippen molar-refractivity contribution >= 4 is 23.1 Å². The molecule has 0 aliphatic heterocycles. The molecule has 0 aliphatic carbocycles. The Kier molecular flexibility index (Phi) is 3.76. The Morgan fingerprint density at radius 3 is 2.37 bits per heavy atom. The Labute approximate surface area is 117 Å². The number of anilines is 1. The molecule has 0 aliphatic rings. The number of hydrogen-bond acceptors (Lipinski definition) is 3. The molecule has 0 radical (unpaired) electrons. The lowest BCUT2D eigenvalue weighted by Gasteiger charge is -2.07. The molecular weight excluding hydrogens is 262 g/mol. The van der Waals surface area contributed by atoms with Gasteiger partial charge < -0.3 is 10.5 Å². The summed E-state index contributed by atoms with van der Waals surface area (Å²) in [5.41, 5.74) is 8.41. The van der Waals surface area contributed by atoms with Gasteiger partial charge in [0.05, 0.1) is 12.1 Å². The molecule has 2 aromatic rings. The Morgan fingerprint density at radius 1 is 1.16 bits per heavy atom. The first-order valence-corrected chi connectivity index (χ1v) is 6.15. The normalized spacial score (nSPS) is 10.3. The van der Waals surface area contributed by atoms with Crippen LogP contribution >= 0.6 is 11.6 Å². The fourth-order valence-electron chi connectivity index (χ4n) is 1.79. The third-order valence-corrected chi connectivity index (χ3v) is 3.24. The van der Waals surface area contributed by atoms with Crippen LogP contribution in [0.15, 0.2) is 36.4 Å². The van der Waals surface area contributed by atoms with Gasteiger partial charge in [0.1, 0.15) is 5.75 Å². The number of nitrogen functional groups attached to an aromatic ring is 1. The first-order chi connectivity index (χ1) is 9.02. The number of ketones is 1. The topological polar surface area (TPSA) is 52.3 Å². The minimum atomic E-state index is -0.0901. The van der Waals surface area contributed by atoms with E-state index in [4.69, 9.17) is 22.1 Å². The second-order valence-electron chi connectivity index (χ2n) is 4.25. The molecule has 0 unspecified atom stereocenters. The third-order valence-electron chi connectivity index (χ3n) is 2.95. The lowest BCUT2D eigenvalue weighted by atomic mass is 10.0. The van der Waals surface area contributed by atoms with Gasteiger partial charge in [-0.1, -0.05) is 11.6 Å². The zero-order chi connectivity index (χ0) is 14.0. The van der Waals surface area contributed by atoms with Crippen LogP contribution in [-0.4, -0.2) is 12.9 Å². The van der Waals surface area contributed by atoms with Gasteiger partial charge in [0.2, 0.25) is 0 Å². The summed E-state index contributed by atoms with van der Waals surface area (Å²) in [5, 5.41) is 0.417. The maximum Gasteiger partial charge on any atom is 0.193 e. The molecule has 19 heavy (non-hydrogen) atoms. The Bertz CT molecular complexity index is 638. The van der Waals surface area contributed by atoms with Gasteiger partial charge in [-0.3, -0.25) is 4.79 Å². The van der Waals surface area contributed by atoms with Gasteiger partial charge in [-0.2, -0.15) is 0 Å². The number of halogens is 1. The molecular formula is C15H14ClNO2. The van der Waals surface area contributed by atoms with Gasteiger partial charge >= 0.3 is 0 Å². The van der Waals surface area contributed by atoms with Crippen molar-refractivity contribution in [3.05, 3.63) is 58.1 Å². The molecule has 98 valence electrons. The van der Waals surface area contributed by atoms with Gasteiger partial charge in [-0.05, 0) is 48.9 Å². The summed E-state index contributed by atoms with van der Waals surface area (Å²) in [7, 11) is 1.53. The van der Waals surface area contributed by atoms with Crippen molar-refractivity contribution < 1.29 is 9.53 Å². The lowest BCUT2D eigenvalue weighted by Crippen LogP contribution is -2.03. The van der Waals surface area contributed by atoms with Crippen LogP contribution in [0.25, 0.3) is 0 Å². The Morgan fingerprint density at radius 2 is 1.79 bits per heavy atom. The van der Waals surface area contributed by atoms with Crippen molar-refractivity contribution in [1.29, 1.82) is 0 Å². The fraction of sp³-hybridized carbons (Fsp3) is 0.133. The minimum Gasteiger partial charge on any atom is -0.495 e. The molecule has 2 N–H and O–H groups in total. The highest BCUT2D eigenvalue weighted by Crippen LogP contribution is 2.26. The number of ether oxygens (including phenoxy) is 1. The fourth-order valence-corrected chi connectivity index (χ4v) is 2.05. The Balaban J connectivity index is 2.38. The highest BCUT2D eigenvalue weighted by Gasteiger charge is 2.12. The standard InChI is InChI=1S/C15H14ClNO2/c1-9-7-10(3-5-13(9)17)15(18)11-4-6-14(19-2)12(16)8-11/h3-8H,17H2,1-2H3. The number of rotatable bonds is 3. The third kappa shape index (κ3) is 2.71. The lowest BCUT2D eigenvalue weighted by molar-refractivity contribution is 0.103. The molecule has 0 atom stereocenters. The van der Waals surface area contributed by atoms with Crippen molar-refractivity contribution in [1.82, 2.24) is 0 Å². The summed E-state index contributed by atoms with van der Waals surface area (Å²) < 4.78 is 5.06. The summed E-state index contributed by atoms with van der Waals surface area (Å²) in [6.45, 7) is 1.87. The van der Waals surface area contributed by atoms with E-state index in [1.54, 1.807) is 36.4 Å². The van der Waals surface area contributed by atoms with E-state index >= 15 is 0 Å². The van der Waals surface area contributed by atoms with E-state index in [0.29, 0.717) is 27.6 Å². The van der Waals surface area contributed by atoms with Crippen LogP contribution < -0.4 is 10.5 Å². The molecule has 2 rings (SSSR count). The number of carbonyl (C=O) groups excluding carboxylic acids is 1. The van der Waals surface area contributed by atoms with Crippen LogP contribution in [0.2, 0.25) is 5.02 Å². The second kappa shape index (κ2) is 5.33. The van der Waals surface area contributed by atoms with Crippen molar-refractivity contribution in [2.45, 2.75) is 6.92 Å². The number of hydrogen-bond donors (Lipinski definition) is 1. The summed E-state index contributed by atoms with van der Waals surface area (Å²) in [5.74, 6) is 0.458. The quantitative estimate of drug-likeness (QED) is 0.689. The van der Waals surface area contributed by atoms with E-state index in [9.17, 15) is 4.79 Å². The molecule has 0 aromatic heterocycles. The van der Waals surface area contributed by atoms with Crippen LogP contribution in [0.3, 0.4) is 0 Å². The van der Waals surface area contributed by atoms with Gasteiger partial charge in [-0.15, -0.1) is 0 Å². The van der Waals surface area contributed by atoms with E-state index < -0.39 is 0 Å². The maximum absolute atomic E-state index is 12.3. The summed E-state index contributed by atoms with van der Waals surface area (Å²) >= 11 is 6.02. The summed E-state index contributed by atoms with van der Waals surface area (Å²) in [6.07, 6.45) is 0. The van der Waals surface area contributed by atoms with Gasteiger partial charge in [0.25, 0.3) is 0 Å². The minimum absolute atomic E-state index is 0.0901. The predicted octanol–water partition coefficient (Wildman–Crippen LogP) is 3.47. The zero-order valence-corrected chi connectivity index (χ0v) is 11.5. The average molecular weight is 276 g/mol. The van der Waals surface area contributed by atoms with Crippen molar-refractivity contribution in [2.75, 3.05) is 12.8 Å². The zero-order valence-electron chi connectivity index (χ0n) is 10.7. The van der Waals surface area contributed by atoms with Gasteiger partial charge in [0, 0.05) is 16.8 Å². The molecule has 0 spiro atoms. The first kappa shape index (κ1) is 13.4. The number of carbonyl (C=O) groups is 1. The number of methoxy groups -OCH3 is 1. The summed E-state index contributed by atoms with van der Waals surface area (Å²) in [6, 6.07) is 10.2. The van der Waals surface area contributed by atoms with E-state index in [0.717, 1.165) is 5.56 Å². The van der Waals surface area contributed by atoms with E-state index in [1.807, 2.05) is 6.92 Å². The van der Waals surface area contributed by atoms with E-state index in [1.165, 1.54) is 7.11 Å². The summed E-state index contributed by atoms with van der Waals surface area (Å²) in [4.78, 5) is 12.3. The number of nitrogens with two attached hydrogens (primary N) is 1. The molecule has 4 heteroatoms. The molecule has 3 nitrogen and oxygen atoms in total. The van der Waals surface area contributed by atoms with Crippen molar-refractivity contribution in [2.24, 2.45) is 0 Å². The molecule has 0 saturated heterocycles. The molecule has 0 fully saturated rings. The van der Waals surface area contributed by atoms with E-state index in [2.05, 4.69) is 0 Å². The predicted molar refractivity (Wildman–Crippen MR) is 77.0 cm³/mol. The molecule has 2 aromatic carbocycles. The second-order valence-corrected chi connectivity index (χ2v) is 4.66. The maximum atomic E-state index is 12.3. The Hall–Kier alpha value is -2.00. The van der Waals surface area contributed by atoms with Crippen LogP contribution in [0.1, 0.15) is 21.5 Å². The smallest absolute Gasteiger partial charge is 0.193 e. The van der Waals surface area contributed by atoms with Crippen LogP contribution in [-0.2, 0) is 0 Å². The van der Waals surface area contributed by atoms with Crippen molar-refractivity contribution in [3.63, 3.8) is 0 Å². The SMILES string of the molecule is COc1ccc(C(=O)c2ccc(N)c(C)c2)cc1Cl. The highest BCUT2D eigenvalue weighted by atomic mass is 35.5. The number of benzene rings is 2. The largest absolute Gasteiger partial charge is 0.495 e. The highest BCUT2D eigenvalue weighted by molar-refractivity contribution is 6.32. The van der Waals surface area contributed by atoms with Crippen LogP contribution in [0.5, 0.6) is 5.75 Å². The average Bonchev–Trinajstić information content (AvgIpc) is 2.41. The van der Waals surface area contributed by atoms with Crippen LogP contribution in [0, 0.1) is 6.92 Å². The molecule has 0 heterocycles. The number of aryl methyl sites for hydroxylation is 1. The molecule has 0 saturated carbocycles. The first-order valence-electron chi connectivity index (χ1n) is 5.77. The van der Waals surface area contributed by atoms with Crippen LogP contribution in [0.4, 0.5) is 5.69 Å². The van der Waals surface area contributed by atoms with Gasteiger partial charge in [0.15, 0.2) is 5.78 Å². The van der Waals surface area contributed by atoms with Gasteiger partial charge in [-0.25, -0.2) is 0 Å². The molecule has 0 bridgehead atoms. The molecule has 0 amide bonds. The van der Waals surface area contributed by atoms with Crippen molar-refractivity contribution in [3.8, 4) is 5.75 Å².